The van der Waals surface area contributed by atoms with Crippen LogP contribution in [0.15, 0.2) is 42.5 Å². The van der Waals surface area contributed by atoms with Crippen LogP contribution in [0.1, 0.15) is 82.8 Å². The molecular weight excluding hydrogens is 410 g/mol. The van der Waals surface area contributed by atoms with Crippen molar-refractivity contribution in [2.45, 2.75) is 72.3 Å². The molecule has 0 radical (unpaired) electrons. The van der Waals surface area contributed by atoms with Crippen LogP contribution in [0.25, 0.3) is 11.0 Å². The molecule has 1 N–H and O–H groups in total. The normalized spacial score (nSPS) is 20.6. The summed E-state index contributed by atoms with van der Waals surface area (Å²) in [6.07, 6.45) is 3.45. The summed E-state index contributed by atoms with van der Waals surface area (Å²) in [6, 6.07) is 14.6. The number of rotatable bonds is 4. The second-order valence-electron chi connectivity index (χ2n) is 11.5. The second kappa shape index (κ2) is 8.51. The predicted molar refractivity (Wildman–Crippen MR) is 135 cm³/mol. The zero-order valence-electron chi connectivity index (χ0n) is 21.0. The number of methoxy groups -OCH3 is 1. The Kier molecular flexibility index (Phi) is 6.02. The number of anilines is 2. The molecule has 0 bridgehead atoms. The molecular formula is C28H37N3O2. The smallest absolute Gasteiger partial charge is 0.337 e. The van der Waals surface area contributed by atoms with Gasteiger partial charge in [0.05, 0.1) is 23.7 Å². The van der Waals surface area contributed by atoms with Crippen molar-refractivity contribution in [3.8, 4) is 0 Å². The molecule has 33 heavy (non-hydrogen) atoms. The van der Waals surface area contributed by atoms with E-state index in [1.54, 1.807) is 0 Å². The minimum absolute atomic E-state index is 0.111. The molecule has 0 aliphatic heterocycles. The van der Waals surface area contributed by atoms with Gasteiger partial charge in [0.1, 0.15) is 0 Å². The number of esters is 1. The van der Waals surface area contributed by atoms with Crippen LogP contribution in [0.5, 0.6) is 0 Å². The zero-order valence-corrected chi connectivity index (χ0v) is 21.0. The molecule has 176 valence electrons. The lowest BCUT2D eigenvalue weighted by Crippen LogP contribution is -2.29. The first-order valence-corrected chi connectivity index (χ1v) is 11.9. The van der Waals surface area contributed by atoms with E-state index in [1.807, 2.05) is 18.2 Å². The summed E-state index contributed by atoms with van der Waals surface area (Å²) in [5.74, 6) is 1.13. The van der Waals surface area contributed by atoms with Gasteiger partial charge in [0, 0.05) is 11.7 Å². The van der Waals surface area contributed by atoms with E-state index in [0.29, 0.717) is 17.5 Å². The molecule has 5 nitrogen and oxygen atoms in total. The van der Waals surface area contributed by atoms with E-state index in [2.05, 4.69) is 75.7 Å². The number of carbonyl (C=O) groups excluding carboxylic acids is 1. The van der Waals surface area contributed by atoms with Gasteiger partial charge in [0.2, 0.25) is 5.95 Å². The van der Waals surface area contributed by atoms with Crippen LogP contribution in [0.3, 0.4) is 0 Å². The Morgan fingerprint density at radius 2 is 1.82 bits per heavy atom. The van der Waals surface area contributed by atoms with Crippen LogP contribution in [0, 0.1) is 11.3 Å². The van der Waals surface area contributed by atoms with Gasteiger partial charge in [-0.3, -0.25) is 0 Å². The number of fused-ring (bicyclic) bond motifs is 1. The molecule has 1 heterocycles. The number of ether oxygens (including phenoxy) is 1. The van der Waals surface area contributed by atoms with Crippen LogP contribution in [-0.4, -0.2) is 22.6 Å². The molecule has 4 rings (SSSR count). The van der Waals surface area contributed by atoms with E-state index in [4.69, 9.17) is 9.72 Å². The number of hydrogen-bond donors (Lipinski definition) is 1. The van der Waals surface area contributed by atoms with Gasteiger partial charge in [-0.15, -0.1) is 0 Å². The van der Waals surface area contributed by atoms with Crippen molar-refractivity contribution in [3.05, 3.63) is 53.6 Å². The summed E-state index contributed by atoms with van der Waals surface area (Å²) >= 11 is 0. The maximum atomic E-state index is 12.1. The fraction of sp³-hybridized carbons (Fsp3) is 0.500. The Balaban J connectivity index is 1.78. The van der Waals surface area contributed by atoms with E-state index in [9.17, 15) is 4.79 Å². The Morgan fingerprint density at radius 1 is 1.12 bits per heavy atom. The van der Waals surface area contributed by atoms with E-state index in [1.165, 1.54) is 19.1 Å². The van der Waals surface area contributed by atoms with E-state index < -0.39 is 0 Å². The Bertz CT molecular complexity index is 1150. The van der Waals surface area contributed by atoms with Gasteiger partial charge >= 0.3 is 5.97 Å². The first kappa shape index (κ1) is 23.3. The SMILES string of the molecule is COC(=O)c1ccc2c(c1)nc(Nc1ccc(C(C)(C)C)cc1)n2C1CC(C)CC(C)(C)C1. The third kappa shape index (κ3) is 4.92. The van der Waals surface area contributed by atoms with Crippen LogP contribution >= 0.6 is 0 Å². The Labute approximate surface area is 197 Å². The third-order valence-corrected chi connectivity index (χ3v) is 6.85. The van der Waals surface area contributed by atoms with Crippen LogP contribution < -0.4 is 5.32 Å². The molecule has 1 aliphatic rings. The maximum absolute atomic E-state index is 12.1. The predicted octanol–water partition coefficient (Wildman–Crippen LogP) is 7.25. The molecule has 2 atom stereocenters. The molecule has 0 saturated heterocycles. The summed E-state index contributed by atoms with van der Waals surface area (Å²) in [4.78, 5) is 17.1. The van der Waals surface area contributed by atoms with Crippen molar-refractivity contribution >= 4 is 28.6 Å². The monoisotopic (exact) mass is 447 g/mol. The highest BCUT2D eigenvalue weighted by atomic mass is 16.5. The van der Waals surface area contributed by atoms with Gasteiger partial charge < -0.3 is 14.6 Å². The zero-order chi connectivity index (χ0) is 24.0. The van der Waals surface area contributed by atoms with Crippen LogP contribution in [0.4, 0.5) is 11.6 Å². The van der Waals surface area contributed by atoms with E-state index in [0.717, 1.165) is 35.5 Å². The van der Waals surface area contributed by atoms with Crippen molar-refractivity contribution in [1.82, 2.24) is 9.55 Å². The average molecular weight is 448 g/mol. The molecule has 0 amide bonds. The molecule has 2 aromatic carbocycles. The van der Waals surface area contributed by atoms with Gasteiger partial charge in [0.25, 0.3) is 0 Å². The summed E-state index contributed by atoms with van der Waals surface area (Å²) in [5.41, 5.74) is 5.07. The summed E-state index contributed by atoms with van der Waals surface area (Å²) in [5, 5.41) is 3.58. The highest BCUT2D eigenvalue weighted by Gasteiger charge is 2.34. The summed E-state index contributed by atoms with van der Waals surface area (Å²) in [7, 11) is 1.41. The van der Waals surface area contributed by atoms with E-state index in [-0.39, 0.29) is 16.8 Å². The number of carbonyl (C=O) groups is 1. The molecule has 1 aromatic heterocycles. The van der Waals surface area contributed by atoms with Crippen LogP contribution in [0.2, 0.25) is 0 Å². The highest BCUT2D eigenvalue weighted by molar-refractivity contribution is 5.94. The average Bonchev–Trinajstić information content (AvgIpc) is 3.08. The quantitative estimate of drug-likeness (QED) is 0.428. The second-order valence-corrected chi connectivity index (χ2v) is 11.5. The lowest BCUT2D eigenvalue weighted by Gasteiger charge is -2.40. The first-order chi connectivity index (χ1) is 15.5. The third-order valence-electron chi connectivity index (χ3n) is 6.85. The van der Waals surface area contributed by atoms with Crippen molar-refractivity contribution in [3.63, 3.8) is 0 Å². The maximum Gasteiger partial charge on any atom is 0.337 e. The molecule has 1 fully saturated rings. The van der Waals surface area contributed by atoms with Crippen LogP contribution in [-0.2, 0) is 10.2 Å². The van der Waals surface area contributed by atoms with E-state index >= 15 is 0 Å². The van der Waals surface area contributed by atoms with Crippen molar-refractivity contribution in [2.75, 3.05) is 12.4 Å². The van der Waals surface area contributed by atoms with Gasteiger partial charge in [-0.1, -0.05) is 53.7 Å². The van der Waals surface area contributed by atoms with Gasteiger partial charge in [-0.25, -0.2) is 9.78 Å². The Hall–Kier alpha value is -2.82. The van der Waals surface area contributed by atoms with Gasteiger partial charge in [-0.05, 0) is 71.9 Å². The number of nitrogens with zero attached hydrogens (tertiary/aromatic N) is 2. The lowest BCUT2D eigenvalue weighted by molar-refractivity contribution is 0.0601. The molecule has 1 aliphatic carbocycles. The number of aromatic nitrogens is 2. The number of nitrogens with one attached hydrogen (secondary N) is 1. The molecule has 1 saturated carbocycles. The van der Waals surface area contributed by atoms with Crippen molar-refractivity contribution in [2.24, 2.45) is 11.3 Å². The number of benzene rings is 2. The fourth-order valence-corrected chi connectivity index (χ4v) is 5.48. The molecule has 0 spiro atoms. The first-order valence-electron chi connectivity index (χ1n) is 11.9. The molecule has 3 aromatic rings. The van der Waals surface area contributed by atoms with Gasteiger partial charge in [-0.2, -0.15) is 0 Å². The number of imidazole rings is 1. The topological polar surface area (TPSA) is 56.1 Å². The van der Waals surface area contributed by atoms with Crippen molar-refractivity contribution < 1.29 is 9.53 Å². The minimum Gasteiger partial charge on any atom is -0.465 e. The summed E-state index contributed by atoms with van der Waals surface area (Å²) < 4.78 is 7.28. The number of hydrogen-bond acceptors (Lipinski definition) is 4. The minimum atomic E-state index is -0.342. The Morgan fingerprint density at radius 3 is 2.42 bits per heavy atom. The fourth-order valence-electron chi connectivity index (χ4n) is 5.48. The van der Waals surface area contributed by atoms with Gasteiger partial charge in [0.15, 0.2) is 0 Å². The summed E-state index contributed by atoms with van der Waals surface area (Å²) in [6.45, 7) is 13.7. The molecule has 2 unspecified atom stereocenters. The lowest BCUT2D eigenvalue weighted by atomic mass is 9.70. The largest absolute Gasteiger partial charge is 0.465 e. The molecule has 5 heteroatoms. The standard InChI is InChI=1S/C28H37N3O2/c1-18-14-22(17-28(5,6)16-18)31-24-13-8-19(25(32)33-7)15-23(24)30-26(31)29-21-11-9-20(10-12-21)27(2,3)4/h8-13,15,18,22H,14,16-17H2,1-7H3,(H,29,30). The van der Waals surface area contributed by atoms with Crippen molar-refractivity contribution in [1.29, 1.82) is 0 Å². The highest BCUT2D eigenvalue weighted by Crippen LogP contribution is 2.46.